The molecule has 0 saturated heterocycles. The quantitative estimate of drug-likeness (QED) is 0.835. The fourth-order valence-electron chi connectivity index (χ4n) is 4.34. The van der Waals surface area contributed by atoms with Gasteiger partial charge in [0.2, 0.25) is 0 Å². The standard InChI is InChI=1S/C17H24FNO/c1-11-8-16(2,3)10-17(11)9-14(19-4)13-7-12(18)5-6-15(13)20-17/h5-7,11,14,19H,8-10H2,1-4H3. The lowest BCUT2D eigenvalue weighted by molar-refractivity contribution is -0.00214. The van der Waals surface area contributed by atoms with Crippen LogP contribution in [0.25, 0.3) is 0 Å². The lowest BCUT2D eigenvalue weighted by Crippen LogP contribution is -2.46. The van der Waals surface area contributed by atoms with Crippen molar-refractivity contribution in [2.75, 3.05) is 7.05 Å². The molecule has 3 heteroatoms. The lowest BCUT2D eigenvalue weighted by Gasteiger charge is -2.43. The summed E-state index contributed by atoms with van der Waals surface area (Å²) in [5, 5.41) is 3.34. The van der Waals surface area contributed by atoms with Crippen molar-refractivity contribution in [1.29, 1.82) is 0 Å². The molecule has 3 atom stereocenters. The summed E-state index contributed by atoms with van der Waals surface area (Å²) in [6.45, 7) is 6.92. The van der Waals surface area contributed by atoms with Crippen molar-refractivity contribution in [2.24, 2.45) is 11.3 Å². The fourth-order valence-corrected chi connectivity index (χ4v) is 4.34. The Balaban J connectivity index is 2.01. The van der Waals surface area contributed by atoms with Crippen molar-refractivity contribution in [3.63, 3.8) is 0 Å². The minimum absolute atomic E-state index is 0.109. The van der Waals surface area contributed by atoms with Crippen LogP contribution in [-0.4, -0.2) is 12.6 Å². The first kappa shape index (κ1) is 13.9. The zero-order valence-electron chi connectivity index (χ0n) is 12.8. The molecule has 1 N–H and O–H groups in total. The van der Waals surface area contributed by atoms with Gasteiger partial charge in [-0.05, 0) is 49.4 Å². The first-order chi connectivity index (χ1) is 9.35. The number of halogens is 1. The van der Waals surface area contributed by atoms with Gasteiger partial charge in [-0.3, -0.25) is 0 Å². The molecule has 0 amide bonds. The van der Waals surface area contributed by atoms with Crippen LogP contribution in [0.4, 0.5) is 4.39 Å². The van der Waals surface area contributed by atoms with Gasteiger partial charge in [-0.1, -0.05) is 20.8 Å². The molecule has 1 aliphatic carbocycles. The van der Waals surface area contributed by atoms with Gasteiger partial charge >= 0.3 is 0 Å². The van der Waals surface area contributed by atoms with Gasteiger partial charge in [-0.25, -0.2) is 4.39 Å². The Labute approximate surface area is 120 Å². The molecule has 20 heavy (non-hydrogen) atoms. The summed E-state index contributed by atoms with van der Waals surface area (Å²) in [5.41, 5.74) is 1.16. The average molecular weight is 277 g/mol. The van der Waals surface area contributed by atoms with Crippen LogP contribution in [0, 0.1) is 17.2 Å². The van der Waals surface area contributed by atoms with E-state index in [1.54, 1.807) is 12.1 Å². The Kier molecular flexibility index (Phi) is 3.09. The van der Waals surface area contributed by atoms with Gasteiger partial charge in [-0.2, -0.15) is 0 Å². The summed E-state index contributed by atoms with van der Waals surface area (Å²) in [5.74, 6) is 1.18. The van der Waals surface area contributed by atoms with Crippen molar-refractivity contribution >= 4 is 0 Å². The normalized spacial score (nSPS) is 34.9. The highest BCUT2D eigenvalue weighted by Crippen LogP contribution is 2.55. The van der Waals surface area contributed by atoms with Crippen molar-refractivity contribution in [3.05, 3.63) is 29.6 Å². The van der Waals surface area contributed by atoms with E-state index in [9.17, 15) is 4.39 Å². The highest BCUT2D eigenvalue weighted by Gasteiger charge is 2.53. The van der Waals surface area contributed by atoms with Crippen LogP contribution < -0.4 is 10.1 Å². The third kappa shape index (κ3) is 2.12. The number of rotatable bonds is 1. The molecule has 1 aromatic rings. The molecule has 0 bridgehead atoms. The van der Waals surface area contributed by atoms with Gasteiger partial charge in [0.15, 0.2) is 0 Å². The SMILES string of the molecule is CNC1CC2(CC(C)(C)CC2C)Oc2ccc(F)cc21. The van der Waals surface area contributed by atoms with E-state index in [-0.39, 0.29) is 17.5 Å². The summed E-state index contributed by atoms with van der Waals surface area (Å²) < 4.78 is 19.9. The first-order valence-electron chi connectivity index (χ1n) is 7.51. The Morgan fingerprint density at radius 2 is 2.05 bits per heavy atom. The topological polar surface area (TPSA) is 21.3 Å². The van der Waals surface area contributed by atoms with Crippen LogP contribution in [0.3, 0.4) is 0 Å². The third-order valence-electron chi connectivity index (χ3n) is 5.09. The molecule has 0 aromatic heterocycles. The molecule has 1 heterocycles. The van der Waals surface area contributed by atoms with E-state index in [1.165, 1.54) is 12.5 Å². The maximum atomic E-state index is 13.5. The zero-order chi connectivity index (χ0) is 14.5. The molecule has 110 valence electrons. The molecule has 1 aromatic carbocycles. The molecule has 2 aliphatic rings. The second-order valence-electron chi connectivity index (χ2n) is 7.34. The Bertz CT molecular complexity index is 528. The highest BCUT2D eigenvalue weighted by molar-refractivity contribution is 5.40. The molecule has 2 nitrogen and oxygen atoms in total. The summed E-state index contributed by atoms with van der Waals surface area (Å²) in [6, 6.07) is 5.06. The molecule has 3 rings (SSSR count). The van der Waals surface area contributed by atoms with Crippen LogP contribution in [0.15, 0.2) is 18.2 Å². The zero-order valence-corrected chi connectivity index (χ0v) is 12.8. The molecule has 0 radical (unpaired) electrons. The molecular formula is C17H24FNO. The average Bonchev–Trinajstić information content (AvgIpc) is 2.58. The second-order valence-corrected chi connectivity index (χ2v) is 7.34. The molecule has 3 unspecified atom stereocenters. The van der Waals surface area contributed by atoms with Gasteiger partial charge < -0.3 is 10.1 Å². The van der Waals surface area contributed by atoms with Crippen molar-refractivity contribution < 1.29 is 9.13 Å². The van der Waals surface area contributed by atoms with Crippen LogP contribution >= 0.6 is 0 Å². The Hall–Kier alpha value is -1.09. The van der Waals surface area contributed by atoms with Gasteiger partial charge in [0.25, 0.3) is 0 Å². The van der Waals surface area contributed by atoms with E-state index >= 15 is 0 Å². The maximum absolute atomic E-state index is 13.5. The second kappa shape index (κ2) is 4.45. The van der Waals surface area contributed by atoms with Crippen molar-refractivity contribution in [3.8, 4) is 5.75 Å². The van der Waals surface area contributed by atoms with E-state index in [0.29, 0.717) is 11.3 Å². The summed E-state index contributed by atoms with van der Waals surface area (Å²) in [6.07, 6.45) is 3.17. The lowest BCUT2D eigenvalue weighted by atomic mass is 9.80. The number of ether oxygens (including phenoxy) is 1. The third-order valence-corrected chi connectivity index (χ3v) is 5.09. The minimum Gasteiger partial charge on any atom is -0.487 e. The molecule has 1 spiro atoms. The smallest absolute Gasteiger partial charge is 0.125 e. The predicted octanol–water partition coefficient (Wildman–Crippen LogP) is 4.06. The number of hydrogen-bond acceptors (Lipinski definition) is 2. The number of nitrogens with one attached hydrogen (secondary N) is 1. The molecule has 1 aliphatic heterocycles. The highest BCUT2D eigenvalue weighted by atomic mass is 19.1. The molecule has 1 fully saturated rings. The van der Waals surface area contributed by atoms with Crippen LogP contribution in [0.5, 0.6) is 5.75 Å². The van der Waals surface area contributed by atoms with Gasteiger partial charge in [-0.15, -0.1) is 0 Å². The van der Waals surface area contributed by atoms with Gasteiger partial charge in [0, 0.05) is 18.0 Å². The van der Waals surface area contributed by atoms with E-state index in [4.69, 9.17) is 4.74 Å². The van der Waals surface area contributed by atoms with Crippen LogP contribution in [0.2, 0.25) is 0 Å². The first-order valence-corrected chi connectivity index (χ1v) is 7.51. The Morgan fingerprint density at radius 3 is 2.65 bits per heavy atom. The maximum Gasteiger partial charge on any atom is 0.125 e. The van der Waals surface area contributed by atoms with Crippen molar-refractivity contribution in [1.82, 2.24) is 5.32 Å². The molecular weight excluding hydrogens is 253 g/mol. The minimum atomic E-state index is -0.191. The molecule has 1 saturated carbocycles. The summed E-state index contributed by atoms with van der Waals surface area (Å²) in [7, 11) is 1.95. The van der Waals surface area contributed by atoms with E-state index < -0.39 is 0 Å². The monoisotopic (exact) mass is 277 g/mol. The number of fused-ring (bicyclic) bond motifs is 1. The van der Waals surface area contributed by atoms with E-state index in [0.717, 1.165) is 24.2 Å². The van der Waals surface area contributed by atoms with Crippen LogP contribution in [-0.2, 0) is 0 Å². The number of benzene rings is 1. The summed E-state index contributed by atoms with van der Waals surface area (Å²) >= 11 is 0. The van der Waals surface area contributed by atoms with Crippen molar-refractivity contribution in [2.45, 2.75) is 51.7 Å². The van der Waals surface area contributed by atoms with E-state index in [1.807, 2.05) is 7.05 Å². The fraction of sp³-hybridized carbons (Fsp3) is 0.647. The van der Waals surface area contributed by atoms with Gasteiger partial charge in [0.05, 0.1) is 0 Å². The summed E-state index contributed by atoms with van der Waals surface area (Å²) in [4.78, 5) is 0. The predicted molar refractivity (Wildman–Crippen MR) is 78.4 cm³/mol. The van der Waals surface area contributed by atoms with Gasteiger partial charge in [0.1, 0.15) is 17.2 Å². The van der Waals surface area contributed by atoms with Crippen LogP contribution in [0.1, 0.15) is 51.6 Å². The largest absolute Gasteiger partial charge is 0.487 e. The Morgan fingerprint density at radius 1 is 1.30 bits per heavy atom. The van der Waals surface area contributed by atoms with E-state index in [2.05, 4.69) is 26.1 Å². The number of hydrogen-bond donors (Lipinski definition) is 1.